The van der Waals surface area contributed by atoms with Crippen molar-refractivity contribution in [3.8, 4) is 0 Å². The third-order valence-electron chi connectivity index (χ3n) is 3.08. The summed E-state index contributed by atoms with van der Waals surface area (Å²) in [5.41, 5.74) is 4.79. The Hall–Kier alpha value is 0.673. The van der Waals surface area contributed by atoms with Crippen LogP contribution in [-0.4, -0.2) is 11.2 Å². The number of hydrogen-bond acceptors (Lipinski definition) is 1. The fraction of sp³-hybridized carbons (Fsp3) is 0.385. The summed E-state index contributed by atoms with van der Waals surface area (Å²) in [6.07, 6.45) is 9.87. The minimum Gasteiger partial charge on any atom is -1.00 e. The molecule has 99 valence electrons. The van der Waals surface area contributed by atoms with Gasteiger partial charge in [-0.15, -0.1) is 0 Å². The molecule has 5 heteroatoms. The van der Waals surface area contributed by atoms with Crippen molar-refractivity contribution in [3.63, 3.8) is 0 Å². The molecule has 0 saturated carbocycles. The van der Waals surface area contributed by atoms with Crippen molar-refractivity contribution in [2.45, 2.75) is 32.8 Å². The number of hydrogen-bond donors (Lipinski definition) is 1. The molecule has 0 amide bonds. The zero-order valence-electron chi connectivity index (χ0n) is 10.4. The second-order valence-corrected chi connectivity index (χ2v) is 4.03. The molecule has 0 aromatic heterocycles. The average Bonchev–Trinajstić information content (AvgIpc) is 2.73. The molecule has 0 heterocycles. The van der Waals surface area contributed by atoms with Crippen LogP contribution < -0.4 is 37.2 Å². The molecule has 1 nitrogen and oxygen atoms in total. The molecule has 0 unspecified atom stereocenters. The zero-order chi connectivity index (χ0) is 10.1. The Balaban J connectivity index is -0.000000562. The van der Waals surface area contributed by atoms with E-state index >= 15 is 0 Å². The van der Waals surface area contributed by atoms with Crippen LogP contribution in [0.15, 0.2) is 46.6 Å². The Kier molecular flexibility index (Phi) is 13.8. The SMILES string of the molecule is CC1=C(C(O)C2=C(C)C=CC2)CC=C1.[Cl-].[Cl-].[Cl-].[Zr+3]. The van der Waals surface area contributed by atoms with Crippen LogP contribution in [0, 0.1) is 0 Å². The molecule has 0 saturated heterocycles. The maximum absolute atomic E-state index is 10.2. The second-order valence-electron chi connectivity index (χ2n) is 4.03. The van der Waals surface area contributed by atoms with Gasteiger partial charge in [0.25, 0.3) is 0 Å². The Morgan fingerprint density at radius 2 is 1.22 bits per heavy atom. The Bertz CT molecular complexity index is 348. The standard InChI is InChI=1S/C13H16O.3ClH.Zr/c1-9-5-3-7-11(9)13(14)12-8-4-6-10(12)2;;;;/h3-6,13-14H,7-8H2,1-2H3;3*1H;/q;;;;+3/p-3. The van der Waals surface area contributed by atoms with Crippen LogP contribution in [0.1, 0.15) is 26.7 Å². The smallest absolute Gasteiger partial charge is 1.00 e. The van der Waals surface area contributed by atoms with Gasteiger partial charge in [-0.25, -0.2) is 0 Å². The molecule has 0 atom stereocenters. The third-order valence-corrected chi connectivity index (χ3v) is 3.08. The van der Waals surface area contributed by atoms with Crippen LogP contribution in [0.4, 0.5) is 0 Å². The maximum Gasteiger partial charge on any atom is 3.00 e. The number of rotatable bonds is 2. The minimum absolute atomic E-state index is 0. The summed E-state index contributed by atoms with van der Waals surface area (Å²) < 4.78 is 0. The first-order valence-corrected chi connectivity index (χ1v) is 5.10. The van der Waals surface area contributed by atoms with Gasteiger partial charge in [-0.3, -0.25) is 0 Å². The van der Waals surface area contributed by atoms with E-state index in [-0.39, 0.29) is 69.5 Å². The van der Waals surface area contributed by atoms with E-state index in [1.807, 2.05) is 0 Å². The molecule has 18 heavy (non-hydrogen) atoms. The molecular weight excluding hydrogens is 370 g/mol. The zero-order valence-corrected chi connectivity index (χ0v) is 15.1. The first-order valence-electron chi connectivity index (χ1n) is 5.10. The number of aliphatic hydroxyl groups is 1. The van der Waals surface area contributed by atoms with Crippen LogP contribution in [-0.2, 0) is 26.2 Å². The molecule has 0 spiro atoms. The minimum atomic E-state index is -0.361. The van der Waals surface area contributed by atoms with Crippen molar-refractivity contribution in [1.29, 1.82) is 0 Å². The van der Waals surface area contributed by atoms with Gasteiger partial charge in [0.05, 0.1) is 6.10 Å². The van der Waals surface area contributed by atoms with E-state index in [1.165, 1.54) is 22.3 Å². The van der Waals surface area contributed by atoms with Crippen LogP contribution >= 0.6 is 0 Å². The van der Waals surface area contributed by atoms with Gasteiger partial charge in [-0.2, -0.15) is 0 Å². The normalized spacial score (nSPS) is 16.2. The van der Waals surface area contributed by atoms with Crippen LogP contribution in [0.3, 0.4) is 0 Å². The van der Waals surface area contributed by atoms with E-state index in [0.717, 1.165) is 12.8 Å². The predicted octanol–water partition coefficient (Wildman–Crippen LogP) is -6.09. The van der Waals surface area contributed by atoms with Crippen molar-refractivity contribution >= 4 is 0 Å². The van der Waals surface area contributed by atoms with Crippen molar-refractivity contribution < 1.29 is 68.5 Å². The van der Waals surface area contributed by atoms with Gasteiger partial charge in [0.2, 0.25) is 0 Å². The average molecular weight is 386 g/mol. The third kappa shape index (κ3) is 4.98. The largest absolute Gasteiger partial charge is 3.00 e. The van der Waals surface area contributed by atoms with Crippen molar-refractivity contribution in [1.82, 2.24) is 0 Å². The van der Waals surface area contributed by atoms with E-state index in [0.29, 0.717) is 0 Å². The molecule has 1 N–H and O–H groups in total. The topological polar surface area (TPSA) is 20.2 Å². The van der Waals surface area contributed by atoms with Gasteiger partial charge >= 0.3 is 26.2 Å². The molecule has 0 aliphatic heterocycles. The quantitative estimate of drug-likeness (QED) is 0.502. The Labute approximate surface area is 147 Å². The van der Waals surface area contributed by atoms with Crippen LogP contribution in [0.25, 0.3) is 0 Å². The van der Waals surface area contributed by atoms with Crippen molar-refractivity contribution in [2.24, 2.45) is 0 Å². The first-order chi connectivity index (χ1) is 6.70. The molecule has 0 fully saturated rings. The maximum atomic E-state index is 10.2. The number of halogens is 3. The van der Waals surface area contributed by atoms with Gasteiger partial charge in [-0.1, -0.05) is 24.3 Å². The van der Waals surface area contributed by atoms with Crippen LogP contribution in [0.5, 0.6) is 0 Å². The van der Waals surface area contributed by atoms with Gasteiger partial charge in [0, 0.05) is 0 Å². The van der Waals surface area contributed by atoms with Gasteiger partial charge in [-0.05, 0) is 49.0 Å². The summed E-state index contributed by atoms with van der Waals surface area (Å²) in [6, 6.07) is 0. The molecule has 0 bridgehead atoms. The summed E-state index contributed by atoms with van der Waals surface area (Å²) in [5, 5.41) is 10.2. The van der Waals surface area contributed by atoms with Gasteiger partial charge in [0.15, 0.2) is 0 Å². The second kappa shape index (κ2) is 10.5. The molecule has 0 aromatic rings. The summed E-state index contributed by atoms with van der Waals surface area (Å²) in [6.45, 7) is 4.14. The molecular formula is C13H16Cl3OZr. The van der Waals surface area contributed by atoms with E-state index in [1.54, 1.807) is 0 Å². The summed E-state index contributed by atoms with van der Waals surface area (Å²) in [4.78, 5) is 0. The Morgan fingerprint density at radius 3 is 1.44 bits per heavy atom. The molecule has 1 radical (unpaired) electrons. The van der Waals surface area contributed by atoms with Gasteiger partial charge in [0.1, 0.15) is 0 Å². The number of allylic oxidation sites excluding steroid dienone is 6. The summed E-state index contributed by atoms with van der Waals surface area (Å²) in [7, 11) is 0. The fourth-order valence-electron chi connectivity index (χ4n) is 2.13. The van der Waals surface area contributed by atoms with Crippen LogP contribution in [0.2, 0.25) is 0 Å². The summed E-state index contributed by atoms with van der Waals surface area (Å²) in [5.74, 6) is 0. The monoisotopic (exact) mass is 383 g/mol. The van der Waals surface area contributed by atoms with E-state index in [9.17, 15) is 5.11 Å². The van der Waals surface area contributed by atoms with E-state index in [2.05, 4.69) is 38.2 Å². The molecule has 2 rings (SSSR count). The molecule has 0 aromatic carbocycles. The fourth-order valence-corrected chi connectivity index (χ4v) is 2.13. The van der Waals surface area contributed by atoms with E-state index in [4.69, 9.17) is 0 Å². The van der Waals surface area contributed by atoms with Crippen molar-refractivity contribution in [2.75, 3.05) is 0 Å². The van der Waals surface area contributed by atoms with Crippen molar-refractivity contribution in [3.05, 3.63) is 46.6 Å². The molecule has 2 aliphatic rings. The Morgan fingerprint density at radius 1 is 0.889 bits per heavy atom. The number of aliphatic hydroxyl groups excluding tert-OH is 1. The predicted molar refractivity (Wildman–Crippen MR) is 58.9 cm³/mol. The summed E-state index contributed by atoms with van der Waals surface area (Å²) >= 11 is 0. The van der Waals surface area contributed by atoms with Gasteiger partial charge < -0.3 is 42.3 Å². The van der Waals surface area contributed by atoms with E-state index < -0.39 is 0 Å². The molecule has 2 aliphatic carbocycles. The first kappa shape index (κ1) is 23.7.